The molecule has 0 aliphatic carbocycles. The molecule has 0 amide bonds. The van der Waals surface area contributed by atoms with E-state index in [4.69, 9.17) is 4.42 Å². The first kappa shape index (κ1) is 10.2. The maximum Gasteiger partial charge on any atom is 0.233 e. The van der Waals surface area contributed by atoms with Gasteiger partial charge in [-0.2, -0.15) is 12.6 Å². The Hall–Kier alpha value is -1.29. The van der Waals surface area contributed by atoms with Crippen molar-refractivity contribution in [2.75, 3.05) is 0 Å². The fourth-order valence-electron chi connectivity index (χ4n) is 1.30. The number of aromatic nitrogens is 2. The summed E-state index contributed by atoms with van der Waals surface area (Å²) in [6, 6.07) is 9.89. The van der Waals surface area contributed by atoms with Gasteiger partial charge in [0.05, 0.1) is 0 Å². The van der Waals surface area contributed by atoms with Crippen LogP contribution in [0.3, 0.4) is 0 Å². The van der Waals surface area contributed by atoms with E-state index in [-0.39, 0.29) is 5.25 Å². The number of nitrogens with zero attached hydrogens (tertiary/aromatic N) is 2. The van der Waals surface area contributed by atoms with Gasteiger partial charge in [-0.05, 0) is 5.56 Å². The third-order valence-corrected chi connectivity index (χ3v) is 2.65. The molecule has 1 aromatic heterocycles. The molecule has 0 fully saturated rings. The Labute approximate surface area is 93.9 Å². The Morgan fingerprint density at radius 1 is 1.27 bits per heavy atom. The molecule has 78 valence electrons. The predicted octanol–water partition coefficient (Wildman–Crippen LogP) is 2.65. The summed E-state index contributed by atoms with van der Waals surface area (Å²) in [5.41, 5.74) is 1.06. The molecule has 0 N–H and O–H groups in total. The van der Waals surface area contributed by atoms with Gasteiger partial charge in [0.25, 0.3) is 0 Å². The zero-order valence-electron chi connectivity index (χ0n) is 8.42. The summed E-state index contributed by atoms with van der Waals surface area (Å²) in [4.78, 5) is 0. The molecule has 1 aromatic carbocycles. The maximum absolute atomic E-state index is 5.45. The topological polar surface area (TPSA) is 38.9 Å². The van der Waals surface area contributed by atoms with Crippen LogP contribution in [-0.4, -0.2) is 10.2 Å². The van der Waals surface area contributed by atoms with E-state index in [0.29, 0.717) is 11.8 Å². The predicted molar refractivity (Wildman–Crippen MR) is 60.9 cm³/mol. The molecule has 0 aliphatic heterocycles. The molecule has 1 atom stereocenters. The molecule has 2 aromatic rings. The first-order chi connectivity index (χ1) is 7.31. The highest BCUT2D eigenvalue weighted by atomic mass is 32.1. The standard InChI is InChI=1S/C11H12N2OS/c1-2-9-12-13-11(14-9)10(15)8-6-4-3-5-7-8/h3-7,10,15H,2H2,1H3. The largest absolute Gasteiger partial charge is 0.424 e. The lowest BCUT2D eigenvalue weighted by Gasteiger charge is -2.04. The maximum atomic E-state index is 5.45. The van der Waals surface area contributed by atoms with Gasteiger partial charge in [0.1, 0.15) is 5.25 Å². The van der Waals surface area contributed by atoms with E-state index in [2.05, 4.69) is 22.8 Å². The van der Waals surface area contributed by atoms with Gasteiger partial charge in [0.15, 0.2) is 0 Å². The average Bonchev–Trinajstić information content (AvgIpc) is 2.78. The molecule has 0 aliphatic rings. The van der Waals surface area contributed by atoms with E-state index >= 15 is 0 Å². The normalized spacial score (nSPS) is 12.7. The number of rotatable bonds is 3. The summed E-state index contributed by atoms with van der Waals surface area (Å²) in [6.07, 6.45) is 0.752. The summed E-state index contributed by atoms with van der Waals surface area (Å²) in [5.74, 6) is 1.21. The molecule has 0 spiro atoms. The third kappa shape index (κ3) is 2.21. The molecule has 4 heteroatoms. The Morgan fingerprint density at radius 3 is 2.60 bits per heavy atom. The molecular formula is C11H12N2OS. The fraction of sp³-hybridized carbons (Fsp3) is 0.273. The number of hydrogen-bond acceptors (Lipinski definition) is 4. The molecule has 0 saturated heterocycles. The van der Waals surface area contributed by atoms with Crippen LogP contribution in [0.4, 0.5) is 0 Å². The monoisotopic (exact) mass is 220 g/mol. The van der Waals surface area contributed by atoms with Crippen molar-refractivity contribution in [3.63, 3.8) is 0 Å². The van der Waals surface area contributed by atoms with Crippen LogP contribution >= 0.6 is 12.6 Å². The molecular weight excluding hydrogens is 208 g/mol. The molecule has 15 heavy (non-hydrogen) atoms. The molecule has 0 bridgehead atoms. The highest BCUT2D eigenvalue weighted by Gasteiger charge is 2.15. The van der Waals surface area contributed by atoms with Crippen molar-refractivity contribution in [2.45, 2.75) is 18.6 Å². The lowest BCUT2D eigenvalue weighted by Crippen LogP contribution is -1.92. The van der Waals surface area contributed by atoms with Gasteiger partial charge < -0.3 is 4.42 Å². The van der Waals surface area contributed by atoms with Crippen LogP contribution in [0.5, 0.6) is 0 Å². The van der Waals surface area contributed by atoms with Gasteiger partial charge in [-0.15, -0.1) is 10.2 Å². The number of benzene rings is 1. The Balaban J connectivity index is 2.24. The van der Waals surface area contributed by atoms with Crippen LogP contribution in [0.2, 0.25) is 0 Å². The molecule has 1 heterocycles. The van der Waals surface area contributed by atoms with Crippen LogP contribution in [0, 0.1) is 0 Å². The highest BCUT2D eigenvalue weighted by molar-refractivity contribution is 7.80. The zero-order valence-corrected chi connectivity index (χ0v) is 9.32. The van der Waals surface area contributed by atoms with Gasteiger partial charge in [0.2, 0.25) is 11.8 Å². The molecule has 1 unspecified atom stereocenters. The zero-order chi connectivity index (χ0) is 10.7. The van der Waals surface area contributed by atoms with Crippen LogP contribution in [0.1, 0.15) is 29.5 Å². The molecule has 0 radical (unpaired) electrons. The second-order valence-electron chi connectivity index (χ2n) is 3.20. The minimum absolute atomic E-state index is 0.140. The minimum Gasteiger partial charge on any atom is -0.424 e. The second-order valence-corrected chi connectivity index (χ2v) is 3.72. The lowest BCUT2D eigenvalue weighted by molar-refractivity contribution is 0.460. The Bertz CT molecular complexity index is 427. The summed E-state index contributed by atoms with van der Waals surface area (Å²) in [7, 11) is 0. The van der Waals surface area contributed by atoms with Crippen LogP contribution in [0.15, 0.2) is 34.7 Å². The van der Waals surface area contributed by atoms with E-state index in [0.717, 1.165) is 12.0 Å². The molecule has 2 rings (SSSR count). The highest BCUT2D eigenvalue weighted by Crippen LogP contribution is 2.26. The van der Waals surface area contributed by atoms with Gasteiger partial charge >= 0.3 is 0 Å². The Kier molecular flexibility index (Phi) is 3.06. The van der Waals surface area contributed by atoms with E-state index < -0.39 is 0 Å². The smallest absolute Gasteiger partial charge is 0.233 e. The van der Waals surface area contributed by atoms with Crippen molar-refractivity contribution < 1.29 is 4.42 Å². The van der Waals surface area contributed by atoms with Crippen LogP contribution in [-0.2, 0) is 6.42 Å². The van der Waals surface area contributed by atoms with Gasteiger partial charge in [-0.1, -0.05) is 37.3 Å². The number of thiol groups is 1. The van der Waals surface area contributed by atoms with E-state index in [1.807, 2.05) is 37.3 Å². The van der Waals surface area contributed by atoms with Gasteiger partial charge in [-0.25, -0.2) is 0 Å². The average molecular weight is 220 g/mol. The SMILES string of the molecule is CCc1nnc(C(S)c2ccccc2)o1. The summed E-state index contributed by atoms with van der Waals surface area (Å²) in [6.45, 7) is 1.98. The quantitative estimate of drug-likeness (QED) is 0.808. The number of aryl methyl sites for hydroxylation is 1. The summed E-state index contributed by atoms with van der Waals surface area (Å²) >= 11 is 4.47. The van der Waals surface area contributed by atoms with E-state index in [9.17, 15) is 0 Å². The Morgan fingerprint density at radius 2 is 2.00 bits per heavy atom. The van der Waals surface area contributed by atoms with Crippen molar-refractivity contribution in [3.05, 3.63) is 47.7 Å². The first-order valence-corrected chi connectivity index (χ1v) is 5.38. The summed E-state index contributed by atoms with van der Waals surface area (Å²) < 4.78 is 5.45. The fourth-order valence-corrected chi connectivity index (χ4v) is 1.57. The third-order valence-electron chi connectivity index (χ3n) is 2.13. The van der Waals surface area contributed by atoms with Crippen molar-refractivity contribution in [2.24, 2.45) is 0 Å². The van der Waals surface area contributed by atoms with Crippen molar-refractivity contribution in [1.29, 1.82) is 0 Å². The second kappa shape index (κ2) is 4.49. The lowest BCUT2D eigenvalue weighted by atomic mass is 10.1. The van der Waals surface area contributed by atoms with E-state index in [1.165, 1.54) is 0 Å². The summed E-state index contributed by atoms with van der Waals surface area (Å²) in [5, 5.41) is 7.75. The van der Waals surface area contributed by atoms with Gasteiger partial charge in [0, 0.05) is 6.42 Å². The van der Waals surface area contributed by atoms with E-state index in [1.54, 1.807) is 0 Å². The van der Waals surface area contributed by atoms with Crippen LogP contribution in [0.25, 0.3) is 0 Å². The van der Waals surface area contributed by atoms with Crippen molar-refractivity contribution >= 4 is 12.6 Å². The van der Waals surface area contributed by atoms with Crippen molar-refractivity contribution in [3.8, 4) is 0 Å². The van der Waals surface area contributed by atoms with Crippen LogP contribution < -0.4 is 0 Å². The molecule has 3 nitrogen and oxygen atoms in total. The minimum atomic E-state index is -0.140. The van der Waals surface area contributed by atoms with Crippen molar-refractivity contribution in [1.82, 2.24) is 10.2 Å². The van der Waals surface area contributed by atoms with Gasteiger partial charge in [-0.3, -0.25) is 0 Å². The molecule has 0 saturated carbocycles. The first-order valence-electron chi connectivity index (χ1n) is 4.86. The number of hydrogen-bond donors (Lipinski definition) is 1.